The van der Waals surface area contributed by atoms with Gasteiger partial charge < -0.3 is 30.3 Å². The van der Waals surface area contributed by atoms with Crippen LogP contribution in [0.5, 0.6) is 17.2 Å². The summed E-state index contributed by atoms with van der Waals surface area (Å²) in [5.41, 5.74) is -0.202. The number of phenols is 1. The smallest absolute Gasteiger partial charge is 0.165 e. The van der Waals surface area contributed by atoms with Crippen LogP contribution < -0.4 is 20.1 Å². The van der Waals surface area contributed by atoms with E-state index in [1.165, 1.54) is 25.3 Å². The molecule has 178 valence electrons. The number of halogens is 2. The number of hydrogen-bond acceptors (Lipinski definition) is 8. The first kappa shape index (κ1) is 24.8. The van der Waals surface area contributed by atoms with Crippen LogP contribution in [0, 0.1) is 11.7 Å². The normalized spacial score (nSPS) is 18.1. The monoisotopic (exact) mass is 478 g/mol. The Balaban J connectivity index is 0.00000306. The fourth-order valence-electron chi connectivity index (χ4n) is 4.12. The van der Waals surface area contributed by atoms with Gasteiger partial charge in [0, 0.05) is 36.5 Å². The molecular weight excluding hydrogens is 451 g/mol. The molecule has 3 aromatic rings. The second-order valence-electron chi connectivity index (χ2n) is 8.45. The van der Waals surface area contributed by atoms with E-state index in [0.717, 1.165) is 0 Å². The van der Waals surface area contributed by atoms with E-state index in [-0.39, 0.29) is 41.5 Å². The van der Waals surface area contributed by atoms with Crippen molar-refractivity contribution >= 4 is 29.1 Å². The van der Waals surface area contributed by atoms with E-state index in [0.29, 0.717) is 41.3 Å². The highest BCUT2D eigenvalue weighted by molar-refractivity contribution is 5.93. The lowest BCUT2D eigenvalue weighted by atomic mass is 9.87. The zero-order valence-electron chi connectivity index (χ0n) is 18.8. The average molecular weight is 479 g/mol. The first-order chi connectivity index (χ1) is 15.2. The summed E-state index contributed by atoms with van der Waals surface area (Å²) >= 11 is 0. The average Bonchev–Trinajstić information content (AvgIpc) is 3.23. The van der Waals surface area contributed by atoms with Gasteiger partial charge in [-0.1, -0.05) is 0 Å². The molecule has 1 aliphatic rings. The first-order valence-electron chi connectivity index (χ1n) is 10.3. The third-order valence-corrected chi connectivity index (χ3v) is 5.84. The van der Waals surface area contributed by atoms with Crippen molar-refractivity contribution in [3.8, 4) is 28.6 Å². The summed E-state index contributed by atoms with van der Waals surface area (Å²) in [7, 11) is 3.07. The molecule has 0 amide bonds. The number of aromatic hydroxyl groups is 1. The minimum Gasteiger partial charge on any atom is -0.507 e. The number of hydrogen-bond donors (Lipinski definition) is 4. The molecule has 4 rings (SSSR count). The highest BCUT2D eigenvalue weighted by atomic mass is 35.5. The molecule has 0 aliphatic carbocycles. The Bertz CT molecular complexity index is 1160. The fourth-order valence-corrected chi connectivity index (χ4v) is 4.12. The largest absolute Gasteiger partial charge is 0.507 e. The predicted molar refractivity (Wildman–Crippen MR) is 127 cm³/mol. The standard InChI is InChI=1S/C23H27FN4O4.ClH/c1-23(2,30)15-10-25-11-17(15)27-21-13-8-19(31-3)20(32-4)9-16(13)26-22(28-21)14-7-12(24)5-6-18(14)29;/h5-9,15,17,25,29-30H,10-11H2,1-4H3,(H,26,27,28);1H/t15-,17?;/m1./s1. The van der Waals surface area contributed by atoms with Crippen molar-refractivity contribution in [1.29, 1.82) is 0 Å². The van der Waals surface area contributed by atoms with Crippen LogP contribution >= 0.6 is 12.4 Å². The van der Waals surface area contributed by atoms with Crippen LogP contribution in [0.3, 0.4) is 0 Å². The third-order valence-electron chi connectivity index (χ3n) is 5.84. The first-order valence-corrected chi connectivity index (χ1v) is 10.3. The molecule has 2 atom stereocenters. The molecule has 2 heterocycles. The van der Waals surface area contributed by atoms with Gasteiger partial charge in [-0.15, -0.1) is 12.4 Å². The van der Waals surface area contributed by atoms with E-state index in [1.807, 2.05) is 0 Å². The third kappa shape index (κ3) is 4.90. The van der Waals surface area contributed by atoms with Gasteiger partial charge in [0.1, 0.15) is 17.4 Å². The Hall–Kier alpha value is -2.88. The number of methoxy groups -OCH3 is 2. The van der Waals surface area contributed by atoms with Crippen molar-refractivity contribution in [3.05, 3.63) is 36.1 Å². The Morgan fingerprint density at radius 3 is 2.45 bits per heavy atom. The van der Waals surface area contributed by atoms with Gasteiger partial charge in [-0.25, -0.2) is 14.4 Å². The molecule has 1 aromatic heterocycles. The summed E-state index contributed by atoms with van der Waals surface area (Å²) in [6.45, 7) is 4.84. The fraction of sp³-hybridized carbons (Fsp3) is 0.391. The van der Waals surface area contributed by atoms with Crippen molar-refractivity contribution < 1.29 is 24.1 Å². The van der Waals surface area contributed by atoms with Crippen molar-refractivity contribution in [2.75, 3.05) is 32.6 Å². The Morgan fingerprint density at radius 2 is 1.79 bits per heavy atom. The van der Waals surface area contributed by atoms with Gasteiger partial charge in [0.25, 0.3) is 0 Å². The molecule has 10 heteroatoms. The molecule has 4 N–H and O–H groups in total. The van der Waals surface area contributed by atoms with Gasteiger partial charge in [0.2, 0.25) is 0 Å². The molecule has 1 saturated heterocycles. The van der Waals surface area contributed by atoms with Crippen molar-refractivity contribution in [1.82, 2.24) is 15.3 Å². The van der Waals surface area contributed by atoms with Crippen molar-refractivity contribution in [2.24, 2.45) is 5.92 Å². The number of rotatable bonds is 6. The van der Waals surface area contributed by atoms with Gasteiger partial charge >= 0.3 is 0 Å². The number of aliphatic hydroxyl groups is 1. The summed E-state index contributed by atoms with van der Waals surface area (Å²) in [5.74, 6) is 0.929. The van der Waals surface area contributed by atoms with Crippen LogP contribution in [0.15, 0.2) is 30.3 Å². The van der Waals surface area contributed by atoms with E-state index in [2.05, 4.69) is 20.6 Å². The van der Waals surface area contributed by atoms with E-state index < -0.39 is 11.4 Å². The van der Waals surface area contributed by atoms with Crippen molar-refractivity contribution in [2.45, 2.75) is 25.5 Å². The highest BCUT2D eigenvalue weighted by Crippen LogP contribution is 2.37. The van der Waals surface area contributed by atoms with Crippen molar-refractivity contribution in [3.63, 3.8) is 0 Å². The molecule has 0 spiro atoms. The Labute approximate surface area is 197 Å². The van der Waals surface area contributed by atoms with Gasteiger partial charge in [0.05, 0.1) is 30.9 Å². The number of benzene rings is 2. The molecule has 1 aliphatic heterocycles. The van der Waals surface area contributed by atoms with E-state index >= 15 is 0 Å². The number of ether oxygens (including phenoxy) is 2. The van der Waals surface area contributed by atoms with E-state index in [9.17, 15) is 14.6 Å². The maximum absolute atomic E-state index is 13.9. The SMILES string of the molecule is COc1cc2nc(-c3cc(F)ccc3O)nc(NC3CNC[C@H]3C(C)(C)O)c2cc1OC.Cl. The maximum atomic E-state index is 13.9. The van der Waals surface area contributed by atoms with E-state index in [4.69, 9.17) is 9.47 Å². The molecule has 0 saturated carbocycles. The topological polar surface area (TPSA) is 109 Å². The van der Waals surface area contributed by atoms with Crippen LogP contribution in [-0.4, -0.2) is 59.1 Å². The summed E-state index contributed by atoms with van der Waals surface area (Å²) < 4.78 is 24.8. The number of aromatic nitrogens is 2. The lowest BCUT2D eigenvalue weighted by Gasteiger charge is -2.31. The molecule has 0 bridgehead atoms. The Morgan fingerprint density at radius 1 is 1.09 bits per heavy atom. The lowest BCUT2D eigenvalue weighted by Crippen LogP contribution is -2.42. The quantitative estimate of drug-likeness (QED) is 0.427. The van der Waals surface area contributed by atoms with Gasteiger partial charge in [0.15, 0.2) is 17.3 Å². The Kier molecular flexibility index (Phi) is 7.16. The van der Waals surface area contributed by atoms with Gasteiger partial charge in [-0.3, -0.25) is 0 Å². The summed E-state index contributed by atoms with van der Waals surface area (Å²) in [5, 5.41) is 28.3. The van der Waals surface area contributed by atoms with Crippen LogP contribution in [0.4, 0.5) is 10.2 Å². The number of fused-ring (bicyclic) bond motifs is 1. The van der Waals surface area contributed by atoms with Gasteiger partial charge in [-0.2, -0.15) is 0 Å². The number of anilines is 1. The molecule has 1 fully saturated rings. The zero-order chi connectivity index (χ0) is 23.0. The molecule has 2 aromatic carbocycles. The van der Waals surface area contributed by atoms with Crippen LogP contribution in [-0.2, 0) is 0 Å². The van der Waals surface area contributed by atoms with Crippen LogP contribution in [0.25, 0.3) is 22.3 Å². The van der Waals surface area contributed by atoms with Crippen LogP contribution in [0.2, 0.25) is 0 Å². The second-order valence-corrected chi connectivity index (χ2v) is 8.45. The van der Waals surface area contributed by atoms with E-state index in [1.54, 1.807) is 33.1 Å². The lowest BCUT2D eigenvalue weighted by molar-refractivity contribution is 0.0219. The van der Waals surface area contributed by atoms with Gasteiger partial charge in [-0.05, 0) is 38.1 Å². The summed E-state index contributed by atoms with van der Waals surface area (Å²) in [4.78, 5) is 9.19. The molecule has 33 heavy (non-hydrogen) atoms. The number of nitrogens with zero attached hydrogens (tertiary/aromatic N) is 2. The predicted octanol–water partition coefficient (Wildman–Crippen LogP) is 3.35. The van der Waals surface area contributed by atoms with Crippen LogP contribution in [0.1, 0.15) is 13.8 Å². The molecule has 8 nitrogen and oxygen atoms in total. The zero-order valence-corrected chi connectivity index (χ0v) is 19.7. The summed E-state index contributed by atoms with van der Waals surface area (Å²) in [6, 6.07) is 7.00. The maximum Gasteiger partial charge on any atom is 0.165 e. The molecule has 1 unspecified atom stereocenters. The minimum absolute atomic E-state index is 0. The molecule has 0 radical (unpaired) electrons. The molecular formula is C23H28ClFN4O4. The second kappa shape index (κ2) is 9.54. The number of phenolic OH excluding ortho intramolecular Hbond substituents is 1. The highest BCUT2D eigenvalue weighted by Gasteiger charge is 2.38. The number of nitrogens with one attached hydrogen (secondary N) is 2. The summed E-state index contributed by atoms with van der Waals surface area (Å²) in [6.07, 6.45) is 0. The minimum atomic E-state index is -0.908.